The first-order valence-corrected chi connectivity index (χ1v) is 11.9. The quantitative estimate of drug-likeness (QED) is 0.377. The molecule has 0 bridgehead atoms. The van der Waals surface area contributed by atoms with Gasteiger partial charge in [-0.05, 0) is 54.7 Å². The number of ether oxygens (including phenoxy) is 1. The van der Waals surface area contributed by atoms with Gasteiger partial charge in [0.05, 0.1) is 18.3 Å². The standard InChI is InChI=1S/C27H30FN5O3/c1-6-7-17-8-16(4)32-25(34)20(17)13-29-26(35)23-11-18(19-9-21(28)27(36-5)30-12-19)10-22-24(15(2)3)31-14-33(22)23/h8-12,14-15H,6-7,13H2,1-5H3,(H,29,35)(H,32,34). The van der Waals surface area contributed by atoms with Gasteiger partial charge in [-0.15, -0.1) is 0 Å². The molecule has 0 fully saturated rings. The summed E-state index contributed by atoms with van der Waals surface area (Å²) >= 11 is 0. The Morgan fingerprint density at radius 2 is 1.97 bits per heavy atom. The molecule has 0 saturated heterocycles. The second-order valence-corrected chi connectivity index (χ2v) is 9.10. The van der Waals surface area contributed by atoms with Gasteiger partial charge in [0.25, 0.3) is 11.5 Å². The van der Waals surface area contributed by atoms with Crippen LogP contribution in [0.1, 0.15) is 66.1 Å². The third kappa shape index (κ3) is 4.86. The molecule has 1 amide bonds. The van der Waals surface area contributed by atoms with Gasteiger partial charge >= 0.3 is 0 Å². The van der Waals surface area contributed by atoms with Crippen molar-refractivity contribution >= 4 is 11.4 Å². The second-order valence-electron chi connectivity index (χ2n) is 9.10. The van der Waals surface area contributed by atoms with Crippen molar-refractivity contribution in [1.82, 2.24) is 24.7 Å². The van der Waals surface area contributed by atoms with Gasteiger partial charge in [0.15, 0.2) is 5.82 Å². The predicted molar refractivity (Wildman–Crippen MR) is 136 cm³/mol. The van der Waals surface area contributed by atoms with E-state index in [4.69, 9.17) is 4.74 Å². The van der Waals surface area contributed by atoms with Crippen LogP contribution in [-0.2, 0) is 13.0 Å². The molecule has 4 rings (SSSR count). The number of amides is 1. The Labute approximate surface area is 208 Å². The van der Waals surface area contributed by atoms with Crippen molar-refractivity contribution in [3.63, 3.8) is 0 Å². The monoisotopic (exact) mass is 491 g/mol. The number of aromatic amines is 1. The minimum Gasteiger partial charge on any atom is -0.479 e. The molecule has 0 aromatic carbocycles. The smallest absolute Gasteiger partial charge is 0.268 e. The molecule has 0 aliphatic rings. The van der Waals surface area contributed by atoms with Crippen LogP contribution in [0, 0.1) is 12.7 Å². The van der Waals surface area contributed by atoms with Crippen LogP contribution in [0.4, 0.5) is 4.39 Å². The number of nitrogens with one attached hydrogen (secondary N) is 2. The molecule has 4 aromatic rings. The van der Waals surface area contributed by atoms with E-state index in [0.29, 0.717) is 22.4 Å². The molecule has 0 unspecified atom stereocenters. The summed E-state index contributed by atoms with van der Waals surface area (Å²) in [6.07, 6.45) is 4.73. The van der Waals surface area contributed by atoms with Crippen LogP contribution < -0.4 is 15.6 Å². The van der Waals surface area contributed by atoms with E-state index >= 15 is 0 Å². The zero-order chi connectivity index (χ0) is 26.0. The van der Waals surface area contributed by atoms with Crippen LogP contribution in [0.2, 0.25) is 0 Å². The lowest BCUT2D eigenvalue weighted by molar-refractivity contribution is 0.0944. The number of nitrogens with zero attached hydrogens (tertiary/aromatic N) is 3. The van der Waals surface area contributed by atoms with E-state index in [9.17, 15) is 14.0 Å². The summed E-state index contributed by atoms with van der Waals surface area (Å²) in [5.74, 6) is -0.967. The molecular weight excluding hydrogens is 461 g/mol. The van der Waals surface area contributed by atoms with Crippen LogP contribution in [0.15, 0.2) is 41.6 Å². The van der Waals surface area contributed by atoms with Crippen LogP contribution in [0.3, 0.4) is 0 Å². The topological polar surface area (TPSA) is 101 Å². The fourth-order valence-corrected chi connectivity index (χ4v) is 4.36. The second kappa shape index (κ2) is 10.3. The highest BCUT2D eigenvalue weighted by atomic mass is 19.1. The van der Waals surface area contributed by atoms with E-state index in [1.54, 1.807) is 16.8 Å². The predicted octanol–water partition coefficient (Wildman–Crippen LogP) is 4.55. The number of carbonyl (C=O) groups is 1. The number of carbonyl (C=O) groups excluding carboxylic acids is 1. The fourth-order valence-electron chi connectivity index (χ4n) is 4.36. The lowest BCUT2D eigenvalue weighted by atomic mass is 10.0. The van der Waals surface area contributed by atoms with E-state index in [-0.39, 0.29) is 29.8 Å². The molecule has 0 aliphatic heterocycles. The van der Waals surface area contributed by atoms with Gasteiger partial charge in [0.2, 0.25) is 5.88 Å². The summed E-state index contributed by atoms with van der Waals surface area (Å²) in [5.41, 5.74) is 5.02. The van der Waals surface area contributed by atoms with Crippen molar-refractivity contribution in [2.24, 2.45) is 0 Å². The molecule has 36 heavy (non-hydrogen) atoms. The molecule has 0 radical (unpaired) electrons. The van der Waals surface area contributed by atoms with Gasteiger partial charge in [-0.25, -0.2) is 14.4 Å². The van der Waals surface area contributed by atoms with Gasteiger partial charge in [-0.3, -0.25) is 14.0 Å². The molecule has 0 atom stereocenters. The Hall–Kier alpha value is -4.01. The van der Waals surface area contributed by atoms with Crippen molar-refractivity contribution in [2.45, 2.75) is 53.0 Å². The van der Waals surface area contributed by atoms with Crippen molar-refractivity contribution in [2.75, 3.05) is 7.11 Å². The normalized spacial score (nSPS) is 11.3. The molecule has 4 heterocycles. The van der Waals surface area contributed by atoms with Crippen LogP contribution in [-0.4, -0.2) is 32.4 Å². The number of hydrogen-bond acceptors (Lipinski definition) is 5. The average molecular weight is 492 g/mol. The number of fused-ring (bicyclic) bond motifs is 1. The van der Waals surface area contributed by atoms with Crippen LogP contribution in [0.5, 0.6) is 5.88 Å². The lowest BCUT2D eigenvalue weighted by Crippen LogP contribution is -2.29. The number of aromatic nitrogens is 4. The molecular formula is C27H30FN5O3. The van der Waals surface area contributed by atoms with Crippen molar-refractivity contribution in [3.8, 4) is 17.0 Å². The lowest BCUT2D eigenvalue weighted by Gasteiger charge is -2.13. The minimum atomic E-state index is -0.597. The Morgan fingerprint density at radius 3 is 2.64 bits per heavy atom. The molecule has 8 nitrogen and oxygen atoms in total. The number of rotatable bonds is 8. The van der Waals surface area contributed by atoms with E-state index in [0.717, 1.165) is 35.3 Å². The Kier molecular flexibility index (Phi) is 7.19. The maximum Gasteiger partial charge on any atom is 0.268 e. The Morgan fingerprint density at radius 1 is 1.19 bits per heavy atom. The summed E-state index contributed by atoms with van der Waals surface area (Å²) in [5, 5.41) is 2.90. The molecule has 9 heteroatoms. The maximum absolute atomic E-state index is 14.4. The third-order valence-electron chi connectivity index (χ3n) is 6.10. The Balaban J connectivity index is 1.76. The maximum atomic E-state index is 14.4. The van der Waals surface area contributed by atoms with Gasteiger partial charge in [0.1, 0.15) is 12.0 Å². The highest BCUT2D eigenvalue weighted by Crippen LogP contribution is 2.29. The number of methoxy groups -OCH3 is 1. The number of imidazole rings is 1. The first kappa shape index (κ1) is 25.1. The SMILES string of the molecule is CCCc1cc(C)[nH]c(=O)c1CNC(=O)c1cc(-c2cnc(OC)c(F)c2)cc2c(C(C)C)ncn12. The van der Waals surface area contributed by atoms with Gasteiger partial charge in [-0.1, -0.05) is 27.2 Å². The zero-order valence-corrected chi connectivity index (χ0v) is 21.1. The van der Waals surface area contributed by atoms with Gasteiger partial charge in [-0.2, -0.15) is 0 Å². The number of aryl methyl sites for hydroxylation is 2. The summed E-state index contributed by atoms with van der Waals surface area (Å²) < 4.78 is 21.1. The van der Waals surface area contributed by atoms with Gasteiger partial charge < -0.3 is 15.0 Å². The van der Waals surface area contributed by atoms with Crippen molar-refractivity contribution in [1.29, 1.82) is 0 Å². The molecule has 0 saturated carbocycles. The van der Waals surface area contributed by atoms with Crippen LogP contribution >= 0.6 is 0 Å². The summed E-state index contributed by atoms with van der Waals surface area (Å²) in [4.78, 5) is 37.4. The number of halogens is 1. The van der Waals surface area contributed by atoms with Crippen LogP contribution in [0.25, 0.3) is 16.6 Å². The molecule has 0 aliphatic carbocycles. The minimum absolute atomic E-state index is 0.0833. The first-order chi connectivity index (χ1) is 17.2. The highest BCUT2D eigenvalue weighted by Gasteiger charge is 2.19. The van der Waals surface area contributed by atoms with Gasteiger partial charge in [0, 0.05) is 29.6 Å². The van der Waals surface area contributed by atoms with Crippen molar-refractivity contribution in [3.05, 3.63) is 81.2 Å². The van der Waals surface area contributed by atoms with E-state index < -0.39 is 5.82 Å². The first-order valence-electron chi connectivity index (χ1n) is 11.9. The Bertz CT molecular complexity index is 1490. The number of pyridine rings is 3. The molecule has 2 N–H and O–H groups in total. The highest BCUT2D eigenvalue weighted by molar-refractivity contribution is 5.95. The van der Waals surface area contributed by atoms with E-state index in [1.807, 2.05) is 39.8 Å². The van der Waals surface area contributed by atoms with E-state index in [2.05, 4.69) is 20.3 Å². The third-order valence-corrected chi connectivity index (χ3v) is 6.10. The number of H-pyrrole nitrogens is 1. The zero-order valence-electron chi connectivity index (χ0n) is 21.1. The molecule has 0 spiro atoms. The molecule has 188 valence electrons. The largest absolute Gasteiger partial charge is 0.479 e. The number of hydrogen-bond donors (Lipinski definition) is 2. The summed E-state index contributed by atoms with van der Waals surface area (Å²) in [7, 11) is 1.35. The average Bonchev–Trinajstić information content (AvgIpc) is 3.27. The van der Waals surface area contributed by atoms with Crippen molar-refractivity contribution < 1.29 is 13.9 Å². The van der Waals surface area contributed by atoms with E-state index in [1.165, 1.54) is 19.4 Å². The summed E-state index contributed by atoms with van der Waals surface area (Å²) in [6, 6.07) is 6.81. The summed E-state index contributed by atoms with van der Waals surface area (Å²) in [6.45, 7) is 8.00. The molecule has 4 aromatic heterocycles. The fraction of sp³-hybridized carbons (Fsp3) is 0.333.